The van der Waals surface area contributed by atoms with Crippen LogP contribution in [0.1, 0.15) is 26.2 Å². The monoisotopic (exact) mass is 157 g/mol. The summed E-state index contributed by atoms with van der Waals surface area (Å²) in [4.78, 5) is 0. The Morgan fingerprint density at radius 1 is 1.27 bits per heavy atom. The normalized spacial score (nSPS) is 45.0. The van der Waals surface area contributed by atoms with E-state index < -0.39 is 0 Å². The Hall–Kier alpha value is -0.120. The molecule has 0 aromatic rings. The summed E-state index contributed by atoms with van der Waals surface area (Å²) >= 11 is 0. The van der Waals surface area contributed by atoms with E-state index in [-0.39, 0.29) is 12.6 Å². The van der Waals surface area contributed by atoms with Gasteiger partial charge in [0.2, 0.25) is 0 Å². The van der Waals surface area contributed by atoms with Gasteiger partial charge in [-0.2, -0.15) is 0 Å². The molecule has 0 spiro atoms. The Kier molecular flexibility index (Phi) is 2.11. The third-order valence-electron chi connectivity index (χ3n) is 2.33. The SMILES string of the molecule is CC1OC(C2CCCCN2)O1. The fourth-order valence-corrected chi connectivity index (χ4v) is 1.69. The van der Waals surface area contributed by atoms with Gasteiger partial charge in [0.1, 0.15) is 0 Å². The largest absolute Gasteiger partial charge is 0.322 e. The minimum absolute atomic E-state index is 0.0173. The highest BCUT2D eigenvalue weighted by molar-refractivity contribution is 4.78. The summed E-state index contributed by atoms with van der Waals surface area (Å²) < 4.78 is 10.8. The molecule has 0 aliphatic carbocycles. The summed E-state index contributed by atoms with van der Waals surface area (Å²) in [5, 5.41) is 3.39. The molecule has 11 heavy (non-hydrogen) atoms. The zero-order chi connectivity index (χ0) is 7.68. The van der Waals surface area contributed by atoms with Crippen molar-refractivity contribution in [2.75, 3.05) is 6.54 Å². The maximum atomic E-state index is 5.39. The van der Waals surface area contributed by atoms with E-state index in [2.05, 4.69) is 5.32 Å². The molecule has 0 bridgehead atoms. The van der Waals surface area contributed by atoms with Gasteiger partial charge in [0.15, 0.2) is 12.6 Å². The number of nitrogens with one attached hydrogen (secondary N) is 1. The third kappa shape index (κ3) is 1.55. The highest BCUT2D eigenvalue weighted by atomic mass is 16.9. The molecular weight excluding hydrogens is 142 g/mol. The van der Waals surface area contributed by atoms with Crippen LogP contribution in [-0.2, 0) is 9.47 Å². The summed E-state index contributed by atoms with van der Waals surface area (Å²) in [6.07, 6.45) is 3.83. The average molecular weight is 157 g/mol. The summed E-state index contributed by atoms with van der Waals surface area (Å²) in [6, 6.07) is 0.444. The zero-order valence-electron chi connectivity index (χ0n) is 6.88. The predicted molar refractivity (Wildman–Crippen MR) is 41.1 cm³/mol. The minimum Gasteiger partial charge on any atom is -0.322 e. The van der Waals surface area contributed by atoms with Gasteiger partial charge in [0.05, 0.1) is 6.04 Å². The fraction of sp³-hybridized carbons (Fsp3) is 1.00. The zero-order valence-corrected chi connectivity index (χ0v) is 6.88. The Balaban J connectivity index is 1.76. The van der Waals surface area contributed by atoms with Crippen molar-refractivity contribution in [3.8, 4) is 0 Å². The van der Waals surface area contributed by atoms with E-state index in [0.717, 1.165) is 6.54 Å². The van der Waals surface area contributed by atoms with E-state index in [1.54, 1.807) is 0 Å². The summed E-state index contributed by atoms with van der Waals surface area (Å²) in [5.41, 5.74) is 0. The smallest absolute Gasteiger partial charge is 0.178 e. The highest BCUT2D eigenvalue weighted by Crippen LogP contribution is 2.23. The van der Waals surface area contributed by atoms with Crippen LogP contribution in [0.25, 0.3) is 0 Å². The molecule has 2 saturated heterocycles. The Morgan fingerprint density at radius 2 is 2.09 bits per heavy atom. The minimum atomic E-state index is 0.0173. The van der Waals surface area contributed by atoms with E-state index in [0.29, 0.717) is 6.04 Å². The van der Waals surface area contributed by atoms with Gasteiger partial charge in [-0.05, 0) is 26.3 Å². The second kappa shape index (κ2) is 3.09. The van der Waals surface area contributed by atoms with Gasteiger partial charge < -0.3 is 14.8 Å². The first kappa shape index (κ1) is 7.53. The van der Waals surface area contributed by atoms with Crippen LogP contribution in [0.3, 0.4) is 0 Å². The molecule has 0 saturated carbocycles. The molecule has 2 fully saturated rings. The number of ether oxygens (including phenoxy) is 2. The Labute approximate surface area is 67.1 Å². The topological polar surface area (TPSA) is 30.5 Å². The van der Waals surface area contributed by atoms with Crippen molar-refractivity contribution in [1.82, 2.24) is 5.32 Å². The van der Waals surface area contributed by atoms with Crippen LogP contribution < -0.4 is 5.32 Å². The van der Waals surface area contributed by atoms with Crippen molar-refractivity contribution in [2.45, 2.75) is 44.8 Å². The van der Waals surface area contributed by atoms with Crippen molar-refractivity contribution >= 4 is 0 Å². The van der Waals surface area contributed by atoms with Crippen LogP contribution in [0.5, 0.6) is 0 Å². The van der Waals surface area contributed by atoms with E-state index in [9.17, 15) is 0 Å². The summed E-state index contributed by atoms with van der Waals surface area (Å²) in [6.45, 7) is 3.04. The molecule has 2 aliphatic heterocycles. The molecule has 0 aromatic carbocycles. The van der Waals surface area contributed by atoms with Crippen LogP contribution in [0.15, 0.2) is 0 Å². The summed E-state index contributed by atoms with van der Waals surface area (Å²) in [5.74, 6) is 0. The quantitative estimate of drug-likeness (QED) is 0.612. The van der Waals surface area contributed by atoms with Crippen molar-refractivity contribution < 1.29 is 9.47 Å². The first-order valence-electron chi connectivity index (χ1n) is 4.40. The molecular formula is C8H15NO2. The van der Waals surface area contributed by atoms with Crippen LogP contribution in [0.4, 0.5) is 0 Å². The number of hydrogen-bond donors (Lipinski definition) is 1. The van der Waals surface area contributed by atoms with Gasteiger partial charge in [0, 0.05) is 0 Å². The lowest BCUT2D eigenvalue weighted by Gasteiger charge is -2.40. The van der Waals surface area contributed by atoms with E-state index in [1.165, 1.54) is 19.3 Å². The molecule has 64 valence electrons. The number of piperidine rings is 1. The average Bonchev–Trinajstić information content (AvgIpc) is 2.01. The van der Waals surface area contributed by atoms with Gasteiger partial charge in [0.25, 0.3) is 0 Å². The van der Waals surface area contributed by atoms with Gasteiger partial charge in [-0.25, -0.2) is 0 Å². The molecule has 2 rings (SSSR count). The maximum Gasteiger partial charge on any atom is 0.178 e. The fourth-order valence-electron chi connectivity index (χ4n) is 1.69. The lowest BCUT2D eigenvalue weighted by molar-refractivity contribution is -0.384. The molecule has 0 amide bonds. The lowest BCUT2D eigenvalue weighted by atomic mass is 10.0. The van der Waals surface area contributed by atoms with E-state index in [4.69, 9.17) is 9.47 Å². The van der Waals surface area contributed by atoms with Crippen molar-refractivity contribution in [3.05, 3.63) is 0 Å². The molecule has 2 heterocycles. The van der Waals surface area contributed by atoms with Crippen LogP contribution in [0.2, 0.25) is 0 Å². The molecule has 0 radical (unpaired) electrons. The van der Waals surface area contributed by atoms with Gasteiger partial charge in [-0.15, -0.1) is 0 Å². The van der Waals surface area contributed by atoms with Crippen molar-refractivity contribution in [1.29, 1.82) is 0 Å². The lowest BCUT2D eigenvalue weighted by Crippen LogP contribution is -2.54. The van der Waals surface area contributed by atoms with E-state index >= 15 is 0 Å². The molecule has 0 aromatic heterocycles. The molecule has 3 nitrogen and oxygen atoms in total. The Morgan fingerprint density at radius 3 is 2.64 bits per heavy atom. The van der Waals surface area contributed by atoms with E-state index in [1.807, 2.05) is 6.92 Å². The highest BCUT2D eigenvalue weighted by Gasteiger charge is 2.34. The third-order valence-corrected chi connectivity index (χ3v) is 2.33. The van der Waals surface area contributed by atoms with Crippen LogP contribution in [0, 0.1) is 0 Å². The van der Waals surface area contributed by atoms with Crippen molar-refractivity contribution in [3.63, 3.8) is 0 Å². The first-order valence-corrected chi connectivity index (χ1v) is 4.40. The number of rotatable bonds is 1. The van der Waals surface area contributed by atoms with Gasteiger partial charge in [-0.3, -0.25) is 0 Å². The number of hydrogen-bond acceptors (Lipinski definition) is 3. The van der Waals surface area contributed by atoms with Crippen molar-refractivity contribution in [2.24, 2.45) is 0 Å². The first-order chi connectivity index (χ1) is 5.36. The molecule has 1 N–H and O–H groups in total. The second-order valence-corrected chi connectivity index (χ2v) is 3.26. The molecule has 1 atom stereocenters. The summed E-state index contributed by atoms with van der Waals surface area (Å²) in [7, 11) is 0. The van der Waals surface area contributed by atoms with Crippen LogP contribution in [-0.4, -0.2) is 25.2 Å². The Bertz CT molecular complexity index is 128. The maximum absolute atomic E-state index is 5.39. The van der Waals surface area contributed by atoms with Gasteiger partial charge in [-0.1, -0.05) is 6.42 Å². The molecule has 3 heteroatoms. The predicted octanol–water partition coefficient (Wildman–Crippen LogP) is 0.847. The second-order valence-electron chi connectivity index (χ2n) is 3.26. The van der Waals surface area contributed by atoms with Gasteiger partial charge >= 0.3 is 0 Å². The molecule has 2 aliphatic rings. The van der Waals surface area contributed by atoms with Crippen LogP contribution >= 0.6 is 0 Å². The standard InChI is InChI=1S/C8H15NO2/c1-6-10-8(11-6)7-4-2-3-5-9-7/h6-9H,2-5H2,1H3. The molecule has 1 unspecified atom stereocenters.